The van der Waals surface area contributed by atoms with Gasteiger partial charge in [0.2, 0.25) is 0 Å². The summed E-state index contributed by atoms with van der Waals surface area (Å²) in [6.07, 6.45) is 0. The second kappa shape index (κ2) is 8.32. The molecule has 0 spiro atoms. The number of azo groups is 1. The van der Waals surface area contributed by atoms with Crippen molar-refractivity contribution in [2.24, 2.45) is 21.6 Å². The largest absolute Gasteiger partial charge is 0.151 e. The van der Waals surface area contributed by atoms with Gasteiger partial charge in [0.25, 0.3) is 0 Å². The van der Waals surface area contributed by atoms with Gasteiger partial charge in [-0.2, -0.15) is 10.2 Å². The second-order valence-electron chi connectivity index (χ2n) is 7.22. The van der Waals surface area contributed by atoms with Crippen LogP contribution >= 0.6 is 0 Å². The van der Waals surface area contributed by atoms with Crippen LogP contribution in [0.3, 0.4) is 0 Å². The van der Waals surface area contributed by atoms with Crippen LogP contribution < -0.4 is 0 Å². The van der Waals surface area contributed by atoms with E-state index < -0.39 is 0 Å². The first-order valence-electron chi connectivity index (χ1n) is 8.48. The molecule has 2 aromatic rings. The van der Waals surface area contributed by atoms with Crippen molar-refractivity contribution < 1.29 is 0 Å². The Kier molecular flexibility index (Phi) is 6.15. The minimum Gasteiger partial charge on any atom is -0.151 e. The van der Waals surface area contributed by atoms with Crippen molar-refractivity contribution in [1.29, 1.82) is 0 Å². The lowest BCUT2D eigenvalue weighted by atomic mass is 9.97. The summed E-state index contributed by atoms with van der Waals surface area (Å²) in [6.45, 7) is 10.5. The van der Waals surface area contributed by atoms with Crippen LogP contribution in [0.4, 0.5) is 11.4 Å². The van der Waals surface area contributed by atoms with Crippen LogP contribution in [0, 0.1) is 35.0 Å². The summed E-state index contributed by atoms with van der Waals surface area (Å²) in [6, 6.07) is 15.6. The summed E-state index contributed by atoms with van der Waals surface area (Å²) >= 11 is 0. The van der Waals surface area contributed by atoms with Crippen molar-refractivity contribution in [2.75, 3.05) is 0 Å². The first-order chi connectivity index (χ1) is 11.8. The molecule has 0 unspecified atom stereocenters. The molecule has 0 N–H and O–H groups in total. The summed E-state index contributed by atoms with van der Waals surface area (Å²) in [7, 11) is 0. The molecule has 0 saturated carbocycles. The zero-order valence-electron chi connectivity index (χ0n) is 15.6. The van der Waals surface area contributed by atoms with Gasteiger partial charge in [0.15, 0.2) is 0 Å². The van der Waals surface area contributed by atoms with Crippen molar-refractivity contribution in [3.05, 3.63) is 59.7 Å². The maximum absolute atomic E-state index is 4.27. The molecule has 2 nitrogen and oxygen atoms in total. The lowest BCUT2D eigenvalue weighted by Gasteiger charge is -2.06. The number of hydrogen-bond donors (Lipinski definition) is 0. The smallest absolute Gasteiger partial charge is 0.0857 e. The van der Waals surface area contributed by atoms with E-state index >= 15 is 0 Å². The molecule has 0 fully saturated rings. The Hall–Kier alpha value is -2.84. The van der Waals surface area contributed by atoms with E-state index in [-0.39, 0.29) is 5.41 Å². The van der Waals surface area contributed by atoms with Crippen LogP contribution in [0.1, 0.15) is 45.7 Å². The molecule has 0 bridgehead atoms. The van der Waals surface area contributed by atoms with E-state index in [0.29, 0.717) is 5.92 Å². The average Bonchev–Trinajstić information content (AvgIpc) is 2.57. The molecule has 2 aromatic carbocycles. The zero-order valence-corrected chi connectivity index (χ0v) is 15.6. The van der Waals surface area contributed by atoms with Crippen molar-refractivity contribution >= 4 is 11.4 Å². The molecule has 2 heteroatoms. The van der Waals surface area contributed by atoms with Gasteiger partial charge in [0.1, 0.15) is 0 Å². The lowest BCUT2D eigenvalue weighted by Crippen LogP contribution is -1.99. The minimum atomic E-state index is 0.00406. The first-order valence-corrected chi connectivity index (χ1v) is 8.48. The van der Waals surface area contributed by atoms with Gasteiger partial charge in [-0.1, -0.05) is 37.5 Å². The number of hydrogen-bond acceptors (Lipinski definition) is 2. The van der Waals surface area contributed by atoms with Crippen LogP contribution in [0.2, 0.25) is 0 Å². The van der Waals surface area contributed by atoms with E-state index in [0.717, 1.165) is 22.5 Å². The highest BCUT2D eigenvalue weighted by atomic mass is 15.1. The molecule has 2 rings (SSSR count). The maximum Gasteiger partial charge on any atom is 0.0857 e. The Labute approximate surface area is 151 Å². The van der Waals surface area contributed by atoms with Gasteiger partial charge in [-0.25, -0.2) is 0 Å². The highest BCUT2D eigenvalue weighted by Gasteiger charge is 2.03. The molecule has 0 aliphatic heterocycles. The molecular formula is C23H24N2. The lowest BCUT2D eigenvalue weighted by molar-refractivity contribution is 0.571. The summed E-state index contributed by atoms with van der Waals surface area (Å²) in [5.41, 5.74) is 3.61. The SMILES string of the molecule is CC(C)C#Cc1ccc(N=Nc2ccc(C#CC(C)(C)C)cc2)cc1. The Morgan fingerprint density at radius 2 is 1.16 bits per heavy atom. The van der Waals surface area contributed by atoms with Crippen molar-refractivity contribution in [2.45, 2.75) is 34.6 Å². The van der Waals surface area contributed by atoms with Gasteiger partial charge in [-0.3, -0.25) is 0 Å². The molecule has 0 radical (unpaired) electrons. The van der Waals surface area contributed by atoms with Gasteiger partial charge < -0.3 is 0 Å². The predicted octanol–water partition coefficient (Wildman–Crippen LogP) is 6.51. The molecule has 0 heterocycles. The summed E-state index contributed by atoms with van der Waals surface area (Å²) in [5.74, 6) is 13.1. The fourth-order valence-corrected chi connectivity index (χ4v) is 1.83. The Bertz CT molecular complexity index is 841. The standard InChI is InChI=1S/C23H24N2/c1-18(2)6-7-19-8-12-21(13-9-19)24-25-22-14-10-20(11-15-22)16-17-23(3,4)5/h8-15,18H,1-5H3. The highest BCUT2D eigenvalue weighted by molar-refractivity contribution is 5.47. The third-order valence-corrected chi connectivity index (χ3v) is 3.10. The van der Waals surface area contributed by atoms with Crippen molar-refractivity contribution in [1.82, 2.24) is 0 Å². The predicted molar refractivity (Wildman–Crippen MR) is 105 cm³/mol. The third kappa shape index (κ3) is 7.06. The quantitative estimate of drug-likeness (QED) is 0.443. The molecule has 126 valence electrons. The third-order valence-electron chi connectivity index (χ3n) is 3.10. The van der Waals surface area contributed by atoms with Crippen molar-refractivity contribution in [3.8, 4) is 23.7 Å². The zero-order chi connectivity index (χ0) is 18.3. The van der Waals surface area contributed by atoms with Gasteiger partial charge in [-0.15, -0.1) is 0 Å². The molecule has 0 aliphatic rings. The van der Waals surface area contributed by atoms with E-state index in [1.54, 1.807) is 0 Å². The van der Waals surface area contributed by atoms with Crippen LogP contribution in [0.15, 0.2) is 58.8 Å². The van der Waals surface area contributed by atoms with Gasteiger partial charge in [0, 0.05) is 22.5 Å². The fourth-order valence-electron chi connectivity index (χ4n) is 1.83. The Morgan fingerprint density at radius 3 is 1.56 bits per heavy atom. The fraction of sp³-hybridized carbons (Fsp3) is 0.304. The van der Waals surface area contributed by atoms with E-state index in [9.17, 15) is 0 Å². The molecule has 0 aliphatic carbocycles. The Balaban J connectivity index is 2.04. The van der Waals surface area contributed by atoms with Gasteiger partial charge in [0.05, 0.1) is 11.4 Å². The summed E-state index contributed by atoms with van der Waals surface area (Å²) in [5, 5.41) is 8.54. The van der Waals surface area contributed by atoms with Crippen molar-refractivity contribution in [3.63, 3.8) is 0 Å². The van der Waals surface area contributed by atoms with Crippen LogP contribution in [-0.4, -0.2) is 0 Å². The summed E-state index contributed by atoms with van der Waals surface area (Å²) in [4.78, 5) is 0. The monoisotopic (exact) mass is 328 g/mol. The first kappa shape index (κ1) is 18.5. The number of nitrogens with zero attached hydrogens (tertiary/aromatic N) is 2. The highest BCUT2D eigenvalue weighted by Crippen LogP contribution is 2.19. The maximum atomic E-state index is 4.27. The van der Waals surface area contributed by atoms with E-state index in [2.05, 4.69) is 68.5 Å². The average molecular weight is 328 g/mol. The molecule has 0 saturated heterocycles. The Morgan fingerprint density at radius 1 is 0.720 bits per heavy atom. The van der Waals surface area contributed by atoms with Crippen LogP contribution in [0.5, 0.6) is 0 Å². The second-order valence-corrected chi connectivity index (χ2v) is 7.22. The topological polar surface area (TPSA) is 24.7 Å². The van der Waals surface area contributed by atoms with Gasteiger partial charge in [-0.05, 0) is 69.3 Å². The van der Waals surface area contributed by atoms with Crippen LogP contribution in [-0.2, 0) is 0 Å². The molecule has 0 atom stereocenters. The van der Waals surface area contributed by atoms with E-state index in [1.165, 1.54) is 0 Å². The molecule has 25 heavy (non-hydrogen) atoms. The minimum absolute atomic E-state index is 0.00406. The summed E-state index contributed by atoms with van der Waals surface area (Å²) < 4.78 is 0. The van der Waals surface area contributed by atoms with E-state index in [1.807, 2.05) is 48.5 Å². The molecule has 0 amide bonds. The molecular weight excluding hydrogens is 304 g/mol. The van der Waals surface area contributed by atoms with E-state index in [4.69, 9.17) is 0 Å². The van der Waals surface area contributed by atoms with Crippen LogP contribution in [0.25, 0.3) is 0 Å². The molecule has 0 aromatic heterocycles. The number of benzene rings is 2. The van der Waals surface area contributed by atoms with Gasteiger partial charge >= 0.3 is 0 Å². The normalized spacial score (nSPS) is 11.0. The number of rotatable bonds is 2.